The van der Waals surface area contributed by atoms with Gasteiger partial charge >= 0.3 is 0 Å². The third-order valence-corrected chi connectivity index (χ3v) is 3.10. The molecule has 0 aromatic heterocycles. The first-order valence-electron chi connectivity index (χ1n) is 5.74. The summed E-state index contributed by atoms with van der Waals surface area (Å²) in [6, 6.07) is 10.5. The summed E-state index contributed by atoms with van der Waals surface area (Å²) in [5.41, 5.74) is 1.04. The van der Waals surface area contributed by atoms with Gasteiger partial charge in [-0.2, -0.15) is 0 Å². The molecule has 2 nitrogen and oxygen atoms in total. The first kappa shape index (κ1) is 13.0. The number of para-hydroxylation sites is 1. The van der Waals surface area contributed by atoms with Crippen LogP contribution in [-0.4, -0.2) is 23.1 Å². The first-order valence-corrected chi connectivity index (χ1v) is 6.14. The van der Waals surface area contributed by atoms with Crippen LogP contribution in [0, 0.1) is 0 Å². The van der Waals surface area contributed by atoms with E-state index in [-0.39, 0.29) is 0 Å². The van der Waals surface area contributed by atoms with Gasteiger partial charge in [-0.25, -0.2) is 0 Å². The molecule has 0 heterocycles. The highest BCUT2D eigenvalue weighted by Gasteiger charge is 2.11. The quantitative estimate of drug-likeness (QED) is 0.805. The molecule has 0 aliphatic heterocycles. The molecular weight excluding hydrogens is 216 g/mol. The molecule has 0 fully saturated rings. The zero-order chi connectivity index (χ0) is 12.0. The standard InChI is InChI=1S/C13H20N2S/c1-4-8-11(2)15(3)13(16)14-12-9-6-5-7-10-12/h5-7,9-11H,4,8H2,1-3H3,(H,14,16). The van der Waals surface area contributed by atoms with Crippen molar-refractivity contribution in [3.8, 4) is 0 Å². The van der Waals surface area contributed by atoms with Gasteiger partial charge in [0.1, 0.15) is 0 Å². The highest BCUT2D eigenvalue weighted by molar-refractivity contribution is 7.80. The molecule has 1 atom stereocenters. The van der Waals surface area contributed by atoms with Gasteiger partial charge in [0.15, 0.2) is 5.11 Å². The van der Waals surface area contributed by atoms with Crippen molar-refractivity contribution in [3.63, 3.8) is 0 Å². The van der Waals surface area contributed by atoms with Crippen LogP contribution in [-0.2, 0) is 0 Å². The third kappa shape index (κ3) is 3.81. The third-order valence-electron chi connectivity index (χ3n) is 2.71. The molecule has 0 aliphatic carbocycles. The number of thiocarbonyl (C=S) groups is 1. The lowest BCUT2D eigenvalue weighted by Crippen LogP contribution is -2.37. The fourth-order valence-electron chi connectivity index (χ4n) is 1.54. The molecule has 1 N–H and O–H groups in total. The maximum atomic E-state index is 5.36. The molecule has 0 amide bonds. The summed E-state index contributed by atoms with van der Waals surface area (Å²) in [5.74, 6) is 0. The van der Waals surface area contributed by atoms with E-state index in [9.17, 15) is 0 Å². The number of hydrogen-bond acceptors (Lipinski definition) is 1. The SMILES string of the molecule is CCCC(C)N(C)C(=S)Nc1ccccc1. The number of nitrogens with one attached hydrogen (secondary N) is 1. The van der Waals surface area contributed by atoms with Gasteiger partial charge in [-0.15, -0.1) is 0 Å². The Morgan fingerprint density at radius 2 is 2.00 bits per heavy atom. The van der Waals surface area contributed by atoms with Crippen molar-refractivity contribution in [3.05, 3.63) is 30.3 Å². The van der Waals surface area contributed by atoms with Gasteiger partial charge in [0.05, 0.1) is 0 Å². The maximum absolute atomic E-state index is 5.36. The van der Waals surface area contributed by atoms with E-state index in [1.165, 1.54) is 6.42 Å². The van der Waals surface area contributed by atoms with Crippen LogP contribution in [0.25, 0.3) is 0 Å². The van der Waals surface area contributed by atoms with Crippen molar-refractivity contribution in [2.24, 2.45) is 0 Å². The van der Waals surface area contributed by atoms with Crippen LogP contribution < -0.4 is 5.32 Å². The Labute approximate surface area is 104 Å². The van der Waals surface area contributed by atoms with Crippen LogP contribution in [0.4, 0.5) is 5.69 Å². The molecule has 0 saturated heterocycles. The normalized spacial score (nSPS) is 11.9. The van der Waals surface area contributed by atoms with Crippen LogP contribution in [0.1, 0.15) is 26.7 Å². The van der Waals surface area contributed by atoms with Crippen molar-refractivity contribution in [2.75, 3.05) is 12.4 Å². The summed E-state index contributed by atoms with van der Waals surface area (Å²) < 4.78 is 0. The molecule has 0 bridgehead atoms. The highest BCUT2D eigenvalue weighted by atomic mass is 32.1. The maximum Gasteiger partial charge on any atom is 0.173 e. The summed E-state index contributed by atoms with van der Waals surface area (Å²) in [6.45, 7) is 4.39. The number of benzene rings is 1. The zero-order valence-corrected chi connectivity index (χ0v) is 11.1. The molecule has 0 radical (unpaired) electrons. The van der Waals surface area contributed by atoms with E-state index in [2.05, 4.69) is 24.1 Å². The average Bonchev–Trinajstić information content (AvgIpc) is 2.29. The number of anilines is 1. The molecule has 0 saturated carbocycles. The second-order valence-corrected chi connectivity index (χ2v) is 4.43. The van der Waals surface area contributed by atoms with Crippen LogP contribution in [0.3, 0.4) is 0 Å². The van der Waals surface area contributed by atoms with E-state index < -0.39 is 0 Å². The molecule has 1 aromatic carbocycles. The molecule has 1 aromatic rings. The van der Waals surface area contributed by atoms with Crippen LogP contribution >= 0.6 is 12.2 Å². The lowest BCUT2D eigenvalue weighted by atomic mass is 10.2. The summed E-state index contributed by atoms with van der Waals surface area (Å²) in [7, 11) is 2.04. The fourth-order valence-corrected chi connectivity index (χ4v) is 1.84. The van der Waals surface area contributed by atoms with Gasteiger partial charge in [-0.3, -0.25) is 0 Å². The van der Waals surface area contributed by atoms with Gasteiger partial charge in [0, 0.05) is 18.8 Å². The lowest BCUT2D eigenvalue weighted by Gasteiger charge is -2.27. The van der Waals surface area contributed by atoms with Crippen molar-refractivity contribution >= 4 is 23.0 Å². The van der Waals surface area contributed by atoms with Crippen molar-refractivity contribution in [1.29, 1.82) is 0 Å². The Balaban J connectivity index is 2.52. The summed E-state index contributed by atoms with van der Waals surface area (Å²) in [4.78, 5) is 2.12. The number of rotatable bonds is 4. The smallest absolute Gasteiger partial charge is 0.173 e. The predicted octanol–water partition coefficient (Wildman–Crippen LogP) is 3.50. The topological polar surface area (TPSA) is 15.3 Å². The molecule has 16 heavy (non-hydrogen) atoms. The number of nitrogens with zero attached hydrogens (tertiary/aromatic N) is 1. The van der Waals surface area contributed by atoms with E-state index >= 15 is 0 Å². The Hall–Kier alpha value is -1.09. The van der Waals surface area contributed by atoms with E-state index in [0.29, 0.717) is 6.04 Å². The summed E-state index contributed by atoms with van der Waals surface area (Å²) in [6.07, 6.45) is 2.34. The Morgan fingerprint density at radius 3 is 2.56 bits per heavy atom. The van der Waals surface area contributed by atoms with Crippen LogP contribution in [0.2, 0.25) is 0 Å². The molecule has 1 unspecified atom stereocenters. The minimum Gasteiger partial charge on any atom is -0.349 e. The van der Waals surface area contributed by atoms with E-state index in [1.54, 1.807) is 0 Å². The minimum absolute atomic E-state index is 0.480. The Morgan fingerprint density at radius 1 is 1.38 bits per heavy atom. The van der Waals surface area contributed by atoms with Crippen LogP contribution in [0.15, 0.2) is 30.3 Å². The van der Waals surface area contributed by atoms with Gasteiger partial charge in [0.2, 0.25) is 0 Å². The van der Waals surface area contributed by atoms with Gasteiger partial charge in [-0.05, 0) is 37.7 Å². The molecule has 88 valence electrons. The second kappa shape index (κ2) is 6.48. The molecule has 0 spiro atoms. The predicted molar refractivity (Wildman–Crippen MR) is 74.8 cm³/mol. The first-order chi connectivity index (χ1) is 7.65. The van der Waals surface area contributed by atoms with E-state index in [4.69, 9.17) is 12.2 Å². The zero-order valence-electron chi connectivity index (χ0n) is 10.2. The Kier molecular flexibility index (Phi) is 5.26. The monoisotopic (exact) mass is 236 g/mol. The second-order valence-electron chi connectivity index (χ2n) is 4.04. The molecule has 3 heteroatoms. The molecular formula is C13H20N2S. The molecule has 0 aliphatic rings. The fraction of sp³-hybridized carbons (Fsp3) is 0.462. The summed E-state index contributed by atoms with van der Waals surface area (Å²) >= 11 is 5.36. The van der Waals surface area contributed by atoms with Crippen LogP contribution in [0.5, 0.6) is 0 Å². The van der Waals surface area contributed by atoms with E-state index in [0.717, 1.165) is 17.2 Å². The van der Waals surface area contributed by atoms with Crippen molar-refractivity contribution < 1.29 is 0 Å². The lowest BCUT2D eigenvalue weighted by molar-refractivity contribution is 0.371. The van der Waals surface area contributed by atoms with E-state index in [1.807, 2.05) is 37.4 Å². The van der Waals surface area contributed by atoms with Crippen molar-refractivity contribution in [2.45, 2.75) is 32.7 Å². The number of hydrogen-bond donors (Lipinski definition) is 1. The van der Waals surface area contributed by atoms with Gasteiger partial charge in [0.25, 0.3) is 0 Å². The Bertz CT molecular complexity index is 324. The average molecular weight is 236 g/mol. The minimum atomic E-state index is 0.480. The summed E-state index contributed by atoms with van der Waals surface area (Å²) in [5, 5.41) is 4.02. The molecule has 1 rings (SSSR count). The van der Waals surface area contributed by atoms with Gasteiger partial charge < -0.3 is 10.2 Å². The van der Waals surface area contributed by atoms with Crippen molar-refractivity contribution in [1.82, 2.24) is 4.90 Å². The van der Waals surface area contributed by atoms with Gasteiger partial charge in [-0.1, -0.05) is 31.5 Å². The highest BCUT2D eigenvalue weighted by Crippen LogP contribution is 2.09. The largest absolute Gasteiger partial charge is 0.349 e.